The average molecular weight is 149 g/mol. The van der Waals surface area contributed by atoms with Crippen LogP contribution in [0.25, 0.3) is 0 Å². The highest BCUT2D eigenvalue weighted by Crippen LogP contribution is 2.29. The molecule has 0 aromatic rings. The second kappa shape index (κ2) is 3.75. The van der Waals surface area contributed by atoms with E-state index in [4.69, 9.17) is 0 Å². The van der Waals surface area contributed by atoms with Crippen molar-refractivity contribution in [1.29, 1.82) is 0 Å². The van der Waals surface area contributed by atoms with Crippen LogP contribution in [0.2, 0.25) is 0 Å². The zero-order chi connectivity index (χ0) is 8.27. The maximum absolute atomic E-state index is 2.32. The van der Waals surface area contributed by atoms with Crippen LogP contribution in [0.5, 0.6) is 0 Å². The van der Waals surface area contributed by atoms with E-state index in [1.54, 1.807) is 11.1 Å². The van der Waals surface area contributed by atoms with Crippen molar-refractivity contribution in [3.05, 3.63) is 29.2 Å². The second-order valence-corrected chi connectivity index (χ2v) is 3.19. The van der Waals surface area contributed by atoms with Gasteiger partial charge in [-0.3, -0.25) is 0 Å². The molecule has 0 aromatic carbocycles. The van der Waals surface area contributed by atoms with E-state index in [0.29, 0.717) is 0 Å². The normalized spacial score (nSPS) is 18.5. The van der Waals surface area contributed by atoms with Gasteiger partial charge < -0.3 is 0 Å². The monoisotopic (exact) mass is 149 g/mol. The van der Waals surface area contributed by atoms with Gasteiger partial charge in [-0.15, -0.1) is 0 Å². The first-order chi connectivity index (χ1) is 5.27. The van der Waals surface area contributed by atoms with Crippen LogP contribution in [0.15, 0.2) is 23.3 Å². The summed E-state index contributed by atoms with van der Waals surface area (Å²) < 4.78 is 0. The number of allylic oxidation sites excluding steroid dienone is 4. The number of rotatable bonds is 3. The summed E-state index contributed by atoms with van der Waals surface area (Å²) in [5.74, 6) is 1.42. The Labute approximate surface area is 70.0 Å². The predicted octanol–water partition coefficient (Wildman–Crippen LogP) is 3.66. The summed E-state index contributed by atoms with van der Waals surface area (Å²) in [5.41, 5.74) is 3.11. The first-order valence-corrected chi connectivity index (χ1v) is 4.53. The second-order valence-electron chi connectivity index (χ2n) is 3.19. The fourth-order valence-corrected chi connectivity index (χ4v) is 1.61. The van der Waals surface area contributed by atoms with Crippen LogP contribution in [-0.4, -0.2) is 0 Å². The molecule has 11 heavy (non-hydrogen) atoms. The molecule has 0 spiro atoms. The van der Waals surface area contributed by atoms with E-state index >= 15 is 0 Å². The Morgan fingerprint density at radius 3 is 2.27 bits per heavy atom. The number of hydrogen-bond donors (Lipinski definition) is 0. The van der Waals surface area contributed by atoms with Gasteiger partial charge in [0.25, 0.3) is 0 Å². The van der Waals surface area contributed by atoms with Crippen molar-refractivity contribution in [2.45, 2.75) is 40.0 Å². The highest BCUT2D eigenvalue weighted by molar-refractivity contribution is 5.47. The molecule has 0 fully saturated rings. The highest BCUT2D eigenvalue weighted by Gasteiger charge is 2.11. The molecule has 0 heteroatoms. The first-order valence-electron chi connectivity index (χ1n) is 4.53. The third kappa shape index (κ3) is 1.95. The van der Waals surface area contributed by atoms with E-state index in [2.05, 4.69) is 32.9 Å². The minimum atomic E-state index is 1.18. The van der Waals surface area contributed by atoms with Crippen molar-refractivity contribution >= 4 is 0 Å². The van der Waals surface area contributed by atoms with E-state index in [1.165, 1.54) is 25.2 Å². The SMILES string of the molecule is CCCC1=C[C](C)C=C1CC. The van der Waals surface area contributed by atoms with Crippen molar-refractivity contribution in [1.82, 2.24) is 0 Å². The zero-order valence-electron chi connectivity index (χ0n) is 7.78. The minimum absolute atomic E-state index is 1.18. The molecule has 1 radical (unpaired) electrons. The zero-order valence-corrected chi connectivity index (χ0v) is 7.78. The quantitative estimate of drug-likeness (QED) is 0.574. The van der Waals surface area contributed by atoms with Gasteiger partial charge in [-0.1, -0.05) is 39.3 Å². The van der Waals surface area contributed by atoms with Crippen molar-refractivity contribution in [3.8, 4) is 0 Å². The van der Waals surface area contributed by atoms with Gasteiger partial charge in [0.15, 0.2) is 0 Å². The lowest BCUT2D eigenvalue weighted by Crippen LogP contribution is -1.83. The van der Waals surface area contributed by atoms with Crippen LogP contribution < -0.4 is 0 Å². The molecule has 0 saturated heterocycles. The third-order valence-electron chi connectivity index (χ3n) is 2.12. The average Bonchev–Trinajstić information content (AvgIpc) is 2.32. The van der Waals surface area contributed by atoms with Gasteiger partial charge in [-0.25, -0.2) is 0 Å². The van der Waals surface area contributed by atoms with E-state index < -0.39 is 0 Å². The molecule has 0 nitrogen and oxygen atoms in total. The lowest BCUT2D eigenvalue weighted by atomic mass is 10.0. The molecule has 1 rings (SSSR count). The molecule has 0 atom stereocenters. The lowest BCUT2D eigenvalue weighted by Gasteiger charge is -2.02. The molecule has 61 valence electrons. The molecule has 0 aliphatic heterocycles. The Kier molecular flexibility index (Phi) is 2.92. The molecule has 0 amide bonds. The molecule has 1 aliphatic carbocycles. The molecule has 0 aromatic heterocycles. The van der Waals surface area contributed by atoms with Crippen molar-refractivity contribution in [3.63, 3.8) is 0 Å². The van der Waals surface area contributed by atoms with Gasteiger partial charge in [0.1, 0.15) is 0 Å². The Morgan fingerprint density at radius 2 is 1.73 bits per heavy atom. The van der Waals surface area contributed by atoms with Crippen molar-refractivity contribution in [2.75, 3.05) is 0 Å². The van der Waals surface area contributed by atoms with Gasteiger partial charge in [0, 0.05) is 5.92 Å². The Balaban J connectivity index is 2.64. The maximum Gasteiger partial charge on any atom is 0.0168 e. The standard InChI is InChI=1S/C11H17/c1-4-6-11-8-9(3)7-10(11)5-2/h7-8H,4-6H2,1-3H3. The summed E-state index contributed by atoms with van der Waals surface area (Å²) >= 11 is 0. The smallest absolute Gasteiger partial charge is 0.0168 e. The first kappa shape index (κ1) is 8.58. The Hall–Kier alpha value is -0.520. The van der Waals surface area contributed by atoms with E-state index in [1.807, 2.05) is 0 Å². The van der Waals surface area contributed by atoms with Crippen LogP contribution in [0.4, 0.5) is 0 Å². The molecular formula is C11H17. The van der Waals surface area contributed by atoms with Gasteiger partial charge in [0.05, 0.1) is 0 Å². The Bertz CT molecular complexity index is 184. The molecular weight excluding hydrogens is 132 g/mol. The summed E-state index contributed by atoms with van der Waals surface area (Å²) in [6.07, 6.45) is 8.32. The highest BCUT2D eigenvalue weighted by atomic mass is 14.2. The minimum Gasteiger partial charge on any atom is -0.0702 e. The van der Waals surface area contributed by atoms with Gasteiger partial charge in [0.2, 0.25) is 0 Å². The molecule has 0 unspecified atom stereocenters. The predicted molar refractivity (Wildman–Crippen MR) is 50.3 cm³/mol. The van der Waals surface area contributed by atoms with Gasteiger partial charge in [-0.05, 0) is 24.0 Å². The van der Waals surface area contributed by atoms with Crippen LogP contribution in [0.3, 0.4) is 0 Å². The van der Waals surface area contributed by atoms with Crippen LogP contribution >= 0.6 is 0 Å². The van der Waals surface area contributed by atoms with E-state index in [-0.39, 0.29) is 0 Å². The summed E-state index contributed by atoms with van der Waals surface area (Å²) in [7, 11) is 0. The summed E-state index contributed by atoms with van der Waals surface area (Å²) in [5, 5.41) is 0. The largest absolute Gasteiger partial charge is 0.0702 e. The third-order valence-corrected chi connectivity index (χ3v) is 2.12. The molecule has 1 aliphatic rings. The Morgan fingerprint density at radius 1 is 1.09 bits per heavy atom. The molecule has 0 bridgehead atoms. The number of hydrogen-bond acceptors (Lipinski definition) is 0. The van der Waals surface area contributed by atoms with Crippen LogP contribution in [0, 0.1) is 5.92 Å². The van der Waals surface area contributed by atoms with E-state index in [9.17, 15) is 0 Å². The topological polar surface area (TPSA) is 0 Å². The molecule has 0 heterocycles. The van der Waals surface area contributed by atoms with Crippen molar-refractivity contribution < 1.29 is 0 Å². The van der Waals surface area contributed by atoms with Crippen LogP contribution in [0.1, 0.15) is 40.0 Å². The summed E-state index contributed by atoms with van der Waals surface area (Å²) in [6, 6.07) is 0. The molecule has 0 saturated carbocycles. The van der Waals surface area contributed by atoms with Crippen molar-refractivity contribution in [2.24, 2.45) is 0 Å². The summed E-state index contributed by atoms with van der Waals surface area (Å²) in [4.78, 5) is 0. The fourth-order valence-electron chi connectivity index (χ4n) is 1.61. The van der Waals surface area contributed by atoms with Crippen LogP contribution in [-0.2, 0) is 0 Å². The van der Waals surface area contributed by atoms with E-state index in [0.717, 1.165) is 0 Å². The lowest BCUT2D eigenvalue weighted by molar-refractivity contribution is 0.899. The summed E-state index contributed by atoms with van der Waals surface area (Å²) in [6.45, 7) is 6.65. The van der Waals surface area contributed by atoms with Gasteiger partial charge >= 0.3 is 0 Å². The molecule has 0 N–H and O–H groups in total. The fraction of sp³-hybridized carbons (Fsp3) is 0.545. The maximum atomic E-state index is 2.32. The van der Waals surface area contributed by atoms with Gasteiger partial charge in [-0.2, -0.15) is 0 Å².